The average Bonchev–Trinajstić information content (AvgIpc) is 2.99. The normalized spacial score (nSPS) is 10.8. The van der Waals surface area contributed by atoms with E-state index in [0.717, 1.165) is 32.4 Å². The number of anilines is 1. The van der Waals surface area contributed by atoms with Crippen molar-refractivity contribution >= 4 is 34.9 Å². The number of nitrogens with zero attached hydrogens (tertiary/aromatic N) is 4. The van der Waals surface area contributed by atoms with Crippen molar-refractivity contribution in [3.63, 3.8) is 0 Å². The van der Waals surface area contributed by atoms with E-state index in [9.17, 15) is 4.79 Å². The minimum atomic E-state index is -0.589. The lowest BCUT2D eigenvalue weighted by molar-refractivity contribution is 0.216. The molecule has 4 N–H and O–H groups in total. The molecular weight excluding hydrogens is 439 g/mol. The molecule has 3 rings (SSSR count). The Labute approximate surface area is 190 Å². The van der Waals surface area contributed by atoms with E-state index in [1.54, 1.807) is 29.9 Å². The lowest BCUT2D eigenvalue weighted by atomic mass is 10.1. The zero-order chi connectivity index (χ0) is 22.9. The van der Waals surface area contributed by atoms with Crippen molar-refractivity contribution < 1.29 is 9.53 Å². The highest BCUT2D eigenvalue weighted by molar-refractivity contribution is 6.32. The molecule has 0 saturated heterocycles. The topological polar surface area (TPSA) is 103 Å². The van der Waals surface area contributed by atoms with E-state index in [1.165, 1.54) is 7.05 Å². The second-order valence-corrected chi connectivity index (χ2v) is 7.92. The van der Waals surface area contributed by atoms with Gasteiger partial charge in [-0.05, 0) is 49.7 Å². The molecule has 1 heterocycles. The van der Waals surface area contributed by atoms with Crippen LogP contribution in [0.3, 0.4) is 0 Å². The van der Waals surface area contributed by atoms with Gasteiger partial charge in [0.2, 0.25) is 0 Å². The monoisotopic (exact) mass is 462 g/mol. The van der Waals surface area contributed by atoms with E-state index in [1.807, 2.05) is 32.0 Å². The van der Waals surface area contributed by atoms with Crippen LogP contribution in [-0.4, -0.2) is 27.9 Å². The van der Waals surface area contributed by atoms with Crippen LogP contribution < -0.4 is 21.4 Å². The number of rotatable bonds is 5. The Bertz CT molecular complexity index is 1130. The van der Waals surface area contributed by atoms with E-state index in [2.05, 4.69) is 5.10 Å². The summed E-state index contributed by atoms with van der Waals surface area (Å²) >= 11 is 12.6. The van der Waals surface area contributed by atoms with Gasteiger partial charge < -0.3 is 4.74 Å². The summed E-state index contributed by atoms with van der Waals surface area (Å²) in [5, 5.41) is 7.33. The van der Waals surface area contributed by atoms with Crippen LogP contribution in [0.5, 0.6) is 5.75 Å². The van der Waals surface area contributed by atoms with Crippen LogP contribution >= 0.6 is 23.2 Å². The van der Waals surface area contributed by atoms with Gasteiger partial charge in [-0.25, -0.2) is 21.5 Å². The fourth-order valence-corrected chi connectivity index (χ4v) is 3.53. The van der Waals surface area contributed by atoms with Crippen LogP contribution in [0.2, 0.25) is 10.2 Å². The third-order valence-corrected chi connectivity index (χ3v) is 5.76. The standard InChI is InChI=1S/C21H24Cl2N6O2/c1-12-10-14(19-13(2)20(23)28(4)26-19)8-9-18(12)31-11-15-16(22)6-5-7-17(15)29(25)21(30)27(3)24/h5-10H,11,24-25H2,1-4H3. The molecule has 1 aromatic heterocycles. The molecule has 31 heavy (non-hydrogen) atoms. The van der Waals surface area contributed by atoms with E-state index >= 15 is 0 Å². The molecule has 8 nitrogen and oxygen atoms in total. The Morgan fingerprint density at radius 3 is 2.48 bits per heavy atom. The van der Waals surface area contributed by atoms with Gasteiger partial charge in [0.1, 0.15) is 17.5 Å². The van der Waals surface area contributed by atoms with Gasteiger partial charge in [0, 0.05) is 35.8 Å². The minimum absolute atomic E-state index is 0.110. The highest BCUT2D eigenvalue weighted by atomic mass is 35.5. The quantitative estimate of drug-likeness (QED) is 0.336. The Kier molecular flexibility index (Phi) is 6.76. The predicted octanol–water partition coefficient (Wildman–Crippen LogP) is 4.20. The number of carbonyl (C=O) groups is 1. The molecule has 0 aliphatic rings. The third kappa shape index (κ3) is 4.62. The lowest BCUT2D eigenvalue weighted by Gasteiger charge is -2.24. The molecule has 3 aromatic rings. The summed E-state index contributed by atoms with van der Waals surface area (Å²) in [6.45, 7) is 3.98. The molecule has 0 fully saturated rings. The van der Waals surface area contributed by atoms with Gasteiger partial charge in [-0.1, -0.05) is 29.3 Å². The zero-order valence-corrected chi connectivity index (χ0v) is 19.2. The second kappa shape index (κ2) is 9.15. The van der Waals surface area contributed by atoms with Gasteiger partial charge in [-0.3, -0.25) is 9.69 Å². The molecule has 0 aliphatic carbocycles. The summed E-state index contributed by atoms with van der Waals surface area (Å²) in [6, 6.07) is 10.3. The van der Waals surface area contributed by atoms with Gasteiger partial charge >= 0.3 is 6.03 Å². The third-order valence-electron chi connectivity index (χ3n) is 4.88. The Hall–Kier alpha value is -2.78. The van der Waals surface area contributed by atoms with Crippen LogP contribution in [0, 0.1) is 13.8 Å². The van der Waals surface area contributed by atoms with Crippen molar-refractivity contribution in [2.75, 3.05) is 12.1 Å². The van der Waals surface area contributed by atoms with Crippen molar-refractivity contribution in [2.45, 2.75) is 20.5 Å². The largest absolute Gasteiger partial charge is 0.488 e. The average molecular weight is 463 g/mol. The lowest BCUT2D eigenvalue weighted by Crippen LogP contribution is -2.49. The number of hydrogen-bond acceptors (Lipinski definition) is 5. The molecule has 2 amide bonds. The maximum atomic E-state index is 12.2. The molecule has 0 bridgehead atoms. The summed E-state index contributed by atoms with van der Waals surface area (Å²) in [6.07, 6.45) is 0. The summed E-state index contributed by atoms with van der Waals surface area (Å²) in [7, 11) is 3.21. The molecular formula is C21H24Cl2N6O2. The highest BCUT2D eigenvalue weighted by Gasteiger charge is 2.20. The number of benzene rings is 2. The van der Waals surface area contributed by atoms with Crippen molar-refractivity contribution in [3.05, 3.63) is 63.3 Å². The van der Waals surface area contributed by atoms with Gasteiger partial charge in [0.25, 0.3) is 0 Å². The Balaban J connectivity index is 1.85. The van der Waals surface area contributed by atoms with Crippen molar-refractivity contribution in [1.29, 1.82) is 0 Å². The Morgan fingerprint density at radius 2 is 1.90 bits per heavy atom. The molecule has 0 radical (unpaired) electrons. The van der Waals surface area contributed by atoms with Crippen molar-refractivity contribution in [2.24, 2.45) is 18.7 Å². The number of ether oxygens (including phenoxy) is 1. The highest BCUT2D eigenvalue weighted by Crippen LogP contribution is 2.32. The van der Waals surface area contributed by atoms with Crippen LogP contribution in [-0.2, 0) is 13.7 Å². The molecule has 0 spiro atoms. The number of aryl methyl sites for hydroxylation is 2. The van der Waals surface area contributed by atoms with Crippen molar-refractivity contribution in [3.8, 4) is 17.0 Å². The van der Waals surface area contributed by atoms with Crippen LogP contribution in [0.1, 0.15) is 16.7 Å². The van der Waals surface area contributed by atoms with E-state index in [0.29, 0.717) is 27.2 Å². The van der Waals surface area contributed by atoms with Gasteiger partial charge in [0.15, 0.2) is 0 Å². The number of urea groups is 1. The maximum absolute atomic E-state index is 12.2. The molecule has 164 valence electrons. The molecule has 0 unspecified atom stereocenters. The SMILES string of the molecule is Cc1cc(-c2nn(C)c(Cl)c2C)ccc1OCc1c(Cl)cccc1N(N)C(=O)N(C)N. The van der Waals surface area contributed by atoms with Gasteiger partial charge in [0.05, 0.1) is 11.4 Å². The minimum Gasteiger partial charge on any atom is -0.488 e. The first-order valence-electron chi connectivity index (χ1n) is 9.39. The number of aromatic nitrogens is 2. The first-order valence-corrected chi connectivity index (χ1v) is 10.1. The number of halogens is 2. The number of amides is 2. The number of hydrazine groups is 2. The number of carbonyl (C=O) groups excluding carboxylic acids is 1. The summed E-state index contributed by atoms with van der Waals surface area (Å²) in [5.41, 5.74) is 4.55. The smallest absolute Gasteiger partial charge is 0.352 e. The zero-order valence-electron chi connectivity index (χ0n) is 17.7. The molecule has 0 atom stereocenters. The predicted molar refractivity (Wildman–Crippen MR) is 123 cm³/mol. The first kappa shape index (κ1) is 22.9. The second-order valence-electron chi connectivity index (χ2n) is 7.16. The fourth-order valence-electron chi connectivity index (χ4n) is 3.18. The summed E-state index contributed by atoms with van der Waals surface area (Å²) in [5.74, 6) is 12.1. The molecule has 0 saturated carbocycles. The van der Waals surface area contributed by atoms with Crippen molar-refractivity contribution in [1.82, 2.24) is 14.8 Å². The fraction of sp³-hybridized carbons (Fsp3) is 0.238. The molecule has 10 heteroatoms. The van der Waals surface area contributed by atoms with E-state index < -0.39 is 6.03 Å². The Morgan fingerprint density at radius 1 is 1.19 bits per heavy atom. The number of hydrogen-bond donors (Lipinski definition) is 2. The van der Waals surface area contributed by atoms with Gasteiger partial charge in [-0.15, -0.1) is 0 Å². The number of nitrogens with two attached hydrogens (primary N) is 2. The summed E-state index contributed by atoms with van der Waals surface area (Å²) < 4.78 is 7.65. The molecule has 2 aromatic carbocycles. The van der Waals surface area contributed by atoms with Crippen LogP contribution in [0.25, 0.3) is 11.3 Å². The van der Waals surface area contributed by atoms with E-state index in [-0.39, 0.29) is 6.61 Å². The van der Waals surface area contributed by atoms with Crippen LogP contribution in [0.4, 0.5) is 10.5 Å². The first-order chi connectivity index (χ1) is 14.6. The molecule has 0 aliphatic heterocycles. The summed E-state index contributed by atoms with van der Waals surface area (Å²) in [4.78, 5) is 12.2. The van der Waals surface area contributed by atoms with Crippen LogP contribution in [0.15, 0.2) is 36.4 Å². The van der Waals surface area contributed by atoms with E-state index in [4.69, 9.17) is 39.6 Å². The maximum Gasteiger partial charge on any atom is 0.352 e. The van der Waals surface area contributed by atoms with Gasteiger partial charge in [-0.2, -0.15) is 5.10 Å².